The second-order valence-corrected chi connectivity index (χ2v) is 5.62. The Morgan fingerprint density at radius 3 is 2.68 bits per heavy atom. The number of methoxy groups -OCH3 is 2. The molecular formula is C15H16N4O2S. The van der Waals surface area contributed by atoms with Crippen LogP contribution in [0, 0.1) is 0 Å². The van der Waals surface area contributed by atoms with Crippen LogP contribution >= 0.6 is 11.8 Å². The molecule has 7 heteroatoms. The SMILES string of the molecule is CCc1cc(Sc2ccc(OC)c(OC)c2)n2ncnc2n1. The van der Waals surface area contributed by atoms with Crippen LogP contribution in [-0.2, 0) is 6.42 Å². The van der Waals surface area contributed by atoms with Gasteiger partial charge in [0.1, 0.15) is 11.4 Å². The molecular weight excluding hydrogens is 300 g/mol. The van der Waals surface area contributed by atoms with Gasteiger partial charge < -0.3 is 9.47 Å². The van der Waals surface area contributed by atoms with Gasteiger partial charge >= 0.3 is 0 Å². The second kappa shape index (κ2) is 6.23. The highest BCUT2D eigenvalue weighted by Crippen LogP contribution is 2.35. The molecule has 0 saturated carbocycles. The van der Waals surface area contributed by atoms with Crippen molar-refractivity contribution in [2.75, 3.05) is 14.2 Å². The lowest BCUT2D eigenvalue weighted by atomic mass is 10.3. The smallest absolute Gasteiger partial charge is 0.253 e. The summed E-state index contributed by atoms with van der Waals surface area (Å²) in [5.41, 5.74) is 0.989. The Labute approximate surface area is 132 Å². The van der Waals surface area contributed by atoms with E-state index < -0.39 is 0 Å². The maximum absolute atomic E-state index is 5.35. The zero-order valence-corrected chi connectivity index (χ0v) is 13.4. The number of benzene rings is 1. The molecule has 114 valence electrons. The molecule has 0 saturated heterocycles. The van der Waals surface area contributed by atoms with Crippen LogP contribution in [0.25, 0.3) is 5.78 Å². The van der Waals surface area contributed by atoms with Gasteiger partial charge in [0.15, 0.2) is 11.5 Å². The third-order valence-corrected chi connectivity index (χ3v) is 4.20. The minimum Gasteiger partial charge on any atom is -0.493 e. The Morgan fingerprint density at radius 1 is 1.14 bits per heavy atom. The second-order valence-electron chi connectivity index (χ2n) is 4.53. The largest absolute Gasteiger partial charge is 0.493 e. The van der Waals surface area contributed by atoms with Crippen LogP contribution in [-0.4, -0.2) is 33.8 Å². The van der Waals surface area contributed by atoms with E-state index in [4.69, 9.17) is 9.47 Å². The summed E-state index contributed by atoms with van der Waals surface area (Å²) in [6, 6.07) is 7.85. The van der Waals surface area contributed by atoms with Gasteiger partial charge in [0.25, 0.3) is 5.78 Å². The number of hydrogen-bond acceptors (Lipinski definition) is 6. The van der Waals surface area contributed by atoms with Crippen molar-refractivity contribution >= 4 is 17.5 Å². The van der Waals surface area contributed by atoms with E-state index in [1.165, 1.54) is 6.33 Å². The van der Waals surface area contributed by atoms with Crippen LogP contribution < -0.4 is 9.47 Å². The first-order valence-electron chi connectivity index (χ1n) is 6.84. The molecule has 3 rings (SSSR count). The van der Waals surface area contributed by atoms with Gasteiger partial charge in [-0.1, -0.05) is 18.7 Å². The van der Waals surface area contributed by atoms with E-state index in [-0.39, 0.29) is 0 Å². The molecule has 0 aliphatic rings. The molecule has 1 aromatic carbocycles. The molecule has 0 fully saturated rings. The minimum absolute atomic E-state index is 0.613. The van der Waals surface area contributed by atoms with Gasteiger partial charge in [0, 0.05) is 10.6 Å². The number of aromatic nitrogens is 4. The highest BCUT2D eigenvalue weighted by Gasteiger charge is 2.11. The monoisotopic (exact) mass is 316 g/mol. The van der Waals surface area contributed by atoms with Crippen LogP contribution in [0.15, 0.2) is 40.5 Å². The molecule has 0 aliphatic heterocycles. The average molecular weight is 316 g/mol. The number of aryl methyl sites for hydroxylation is 1. The van der Waals surface area contributed by atoms with Crippen LogP contribution in [0.5, 0.6) is 11.5 Å². The normalized spacial score (nSPS) is 10.9. The van der Waals surface area contributed by atoms with Crippen molar-refractivity contribution in [3.8, 4) is 11.5 Å². The molecule has 0 spiro atoms. The molecule has 0 unspecified atom stereocenters. The van der Waals surface area contributed by atoms with E-state index in [0.29, 0.717) is 17.3 Å². The van der Waals surface area contributed by atoms with Crippen molar-refractivity contribution in [2.45, 2.75) is 23.3 Å². The van der Waals surface area contributed by atoms with Gasteiger partial charge in [-0.05, 0) is 30.7 Å². The molecule has 0 amide bonds. The van der Waals surface area contributed by atoms with Crippen LogP contribution in [0.3, 0.4) is 0 Å². The number of hydrogen-bond donors (Lipinski definition) is 0. The van der Waals surface area contributed by atoms with E-state index in [0.717, 1.165) is 22.0 Å². The van der Waals surface area contributed by atoms with Crippen molar-refractivity contribution in [3.63, 3.8) is 0 Å². The first-order valence-corrected chi connectivity index (χ1v) is 7.66. The molecule has 6 nitrogen and oxygen atoms in total. The van der Waals surface area contributed by atoms with E-state index in [2.05, 4.69) is 22.0 Å². The van der Waals surface area contributed by atoms with Crippen molar-refractivity contribution in [2.24, 2.45) is 0 Å². The summed E-state index contributed by atoms with van der Waals surface area (Å²) in [6.07, 6.45) is 2.36. The third-order valence-electron chi connectivity index (χ3n) is 3.21. The highest BCUT2D eigenvalue weighted by atomic mass is 32.2. The van der Waals surface area contributed by atoms with Gasteiger partial charge in [-0.15, -0.1) is 0 Å². The van der Waals surface area contributed by atoms with Gasteiger partial charge in [-0.25, -0.2) is 4.98 Å². The lowest BCUT2D eigenvalue weighted by Crippen LogP contribution is -1.99. The predicted molar refractivity (Wildman–Crippen MR) is 83.8 cm³/mol. The number of fused-ring (bicyclic) bond motifs is 1. The summed E-state index contributed by atoms with van der Waals surface area (Å²) < 4.78 is 12.3. The van der Waals surface area contributed by atoms with Gasteiger partial charge in [-0.3, -0.25) is 0 Å². The number of ether oxygens (including phenoxy) is 2. The third kappa shape index (κ3) is 2.71. The number of nitrogens with zero attached hydrogens (tertiary/aromatic N) is 4. The fraction of sp³-hybridized carbons (Fsp3) is 0.267. The first-order chi connectivity index (χ1) is 10.7. The van der Waals surface area contributed by atoms with E-state index in [1.807, 2.05) is 24.3 Å². The molecule has 2 aromatic heterocycles. The summed E-state index contributed by atoms with van der Waals surface area (Å²) >= 11 is 1.58. The number of rotatable bonds is 5. The standard InChI is InChI=1S/C15H16N4O2S/c1-4-10-7-14(19-15(18-10)16-9-17-19)22-11-5-6-12(20-2)13(8-11)21-3/h5-9H,4H2,1-3H3. The fourth-order valence-electron chi connectivity index (χ4n) is 2.09. The lowest BCUT2D eigenvalue weighted by molar-refractivity contribution is 0.354. The van der Waals surface area contributed by atoms with Crippen LogP contribution in [0.2, 0.25) is 0 Å². The Kier molecular flexibility index (Phi) is 4.15. The summed E-state index contributed by atoms with van der Waals surface area (Å²) in [4.78, 5) is 9.65. The van der Waals surface area contributed by atoms with E-state index in [1.54, 1.807) is 30.5 Å². The van der Waals surface area contributed by atoms with Gasteiger partial charge in [0.05, 0.1) is 14.2 Å². The van der Waals surface area contributed by atoms with Gasteiger partial charge in [0.2, 0.25) is 0 Å². The molecule has 0 N–H and O–H groups in total. The lowest BCUT2D eigenvalue weighted by Gasteiger charge is -2.10. The highest BCUT2D eigenvalue weighted by molar-refractivity contribution is 7.99. The first kappa shape index (κ1) is 14.6. The quantitative estimate of drug-likeness (QED) is 0.675. The molecule has 0 atom stereocenters. The van der Waals surface area contributed by atoms with Crippen molar-refractivity contribution in [3.05, 3.63) is 36.3 Å². The molecule has 2 heterocycles. The average Bonchev–Trinajstić information content (AvgIpc) is 3.03. The van der Waals surface area contributed by atoms with Crippen molar-refractivity contribution < 1.29 is 9.47 Å². The maximum Gasteiger partial charge on any atom is 0.253 e. The van der Waals surface area contributed by atoms with Crippen LogP contribution in [0.1, 0.15) is 12.6 Å². The van der Waals surface area contributed by atoms with E-state index >= 15 is 0 Å². The Morgan fingerprint density at radius 2 is 1.95 bits per heavy atom. The van der Waals surface area contributed by atoms with Crippen molar-refractivity contribution in [1.82, 2.24) is 19.6 Å². The van der Waals surface area contributed by atoms with Crippen molar-refractivity contribution in [1.29, 1.82) is 0 Å². The molecule has 0 radical (unpaired) electrons. The Balaban J connectivity index is 2.00. The molecule has 0 aliphatic carbocycles. The molecule has 0 bridgehead atoms. The minimum atomic E-state index is 0.613. The summed E-state index contributed by atoms with van der Waals surface area (Å²) in [7, 11) is 3.25. The summed E-state index contributed by atoms with van der Waals surface area (Å²) in [5.74, 6) is 2.02. The fourth-order valence-corrected chi connectivity index (χ4v) is 3.04. The molecule has 3 aromatic rings. The predicted octanol–water partition coefficient (Wildman–Crippen LogP) is 2.86. The summed E-state index contributed by atoms with van der Waals surface area (Å²) in [6.45, 7) is 2.07. The zero-order chi connectivity index (χ0) is 15.5. The zero-order valence-electron chi connectivity index (χ0n) is 12.6. The molecule has 22 heavy (non-hydrogen) atoms. The van der Waals surface area contributed by atoms with Crippen LogP contribution in [0.4, 0.5) is 0 Å². The summed E-state index contributed by atoms with van der Waals surface area (Å²) in [5, 5.41) is 5.20. The Bertz CT molecular complexity index is 803. The topological polar surface area (TPSA) is 61.5 Å². The van der Waals surface area contributed by atoms with E-state index in [9.17, 15) is 0 Å². The van der Waals surface area contributed by atoms with Gasteiger partial charge in [-0.2, -0.15) is 14.6 Å². The Hall–Kier alpha value is -2.28. The maximum atomic E-state index is 5.35.